The molecular weight excluding hydrogens is 238 g/mol. The largest absolute Gasteiger partial charge is 0.710 e. The molecule has 1 heterocycles. The summed E-state index contributed by atoms with van der Waals surface area (Å²) in [4.78, 5) is 0. The molecular formula is C15H17N3O. The normalized spacial score (nSPS) is 11.2. The summed E-state index contributed by atoms with van der Waals surface area (Å²) in [5.74, 6) is 0.303. The van der Waals surface area contributed by atoms with Gasteiger partial charge >= 0.3 is 5.82 Å². The number of aryl methyl sites for hydroxylation is 4. The quantitative estimate of drug-likeness (QED) is 0.455. The van der Waals surface area contributed by atoms with Crippen LogP contribution in [-0.2, 0) is 0 Å². The second-order valence-corrected chi connectivity index (χ2v) is 4.81. The van der Waals surface area contributed by atoms with E-state index < -0.39 is 0 Å². The number of azo groups is 1. The van der Waals surface area contributed by atoms with Gasteiger partial charge in [-0.15, -0.1) is 0 Å². The van der Waals surface area contributed by atoms with Crippen LogP contribution in [0.1, 0.15) is 22.3 Å². The van der Waals surface area contributed by atoms with E-state index in [4.69, 9.17) is 0 Å². The maximum absolute atomic E-state index is 11.6. The Bertz CT molecular complexity index is 648. The molecule has 4 nitrogen and oxygen atoms in total. The lowest BCUT2D eigenvalue weighted by Crippen LogP contribution is -2.25. The summed E-state index contributed by atoms with van der Waals surface area (Å²) in [5, 5.41) is 19.8. The molecule has 98 valence electrons. The Morgan fingerprint density at radius 2 is 1.58 bits per heavy atom. The van der Waals surface area contributed by atoms with E-state index in [0.29, 0.717) is 10.5 Å². The minimum absolute atomic E-state index is 0.303. The van der Waals surface area contributed by atoms with Crippen LogP contribution in [0, 0.1) is 32.9 Å². The second-order valence-electron chi connectivity index (χ2n) is 4.81. The molecule has 0 aliphatic rings. The van der Waals surface area contributed by atoms with Crippen molar-refractivity contribution in [2.24, 2.45) is 10.2 Å². The molecule has 0 N–H and O–H groups in total. The Morgan fingerprint density at radius 3 is 2.32 bits per heavy atom. The topological polar surface area (TPSA) is 51.7 Å². The van der Waals surface area contributed by atoms with Crippen LogP contribution in [0.15, 0.2) is 40.7 Å². The standard InChI is InChI=1S/C15H17N3O/c1-10-5-6-18(19)15(7-10)17-16-14-9-12(3)11(2)8-13(14)4/h5-9H,1-4H3. The van der Waals surface area contributed by atoms with Crippen molar-refractivity contribution in [2.75, 3.05) is 0 Å². The fraction of sp³-hybridized carbons (Fsp3) is 0.267. The molecule has 0 saturated carbocycles. The zero-order valence-electron chi connectivity index (χ0n) is 11.6. The van der Waals surface area contributed by atoms with E-state index in [0.717, 1.165) is 16.8 Å². The number of rotatable bonds is 2. The highest BCUT2D eigenvalue weighted by molar-refractivity contribution is 5.50. The van der Waals surface area contributed by atoms with Gasteiger partial charge in [0.2, 0.25) is 0 Å². The molecule has 1 aromatic heterocycles. The predicted octanol–water partition coefficient (Wildman–Crippen LogP) is 3.97. The van der Waals surface area contributed by atoms with Crippen molar-refractivity contribution in [1.82, 2.24) is 0 Å². The molecule has 0 unspecified atom stereocenters. The van der Waals surface area contributed by atoms with Crippen molar-refractivity contribution in [3.63, 3.8) is 0 Å². The molecule has 0 bridgehead atoms. The van der Waals surface area contributed by atoms with E-state index in [9.17, 15) is 5.21 Å². The Labute approximate surface area is 113 Å². The van der Waals surface area contributed by atoms with Gasteiger partial charge in [-0.05, 0) is 67.2 Å². The van der Waals surface area contributed by atoms with Crippen LogP contribution < -0.4 is 4.73 Å². The fourth-order valence-electron chi connectivity index (χ4n) is 1.81. The Balaban J connectivity index is 2.38. The summed E-state index contributed by atoms with van der Waals surface area (Å²) in [7, 11) is 0. The average Bonchev–Trinajstić information content (AvgIpc) is 2.36. The highest BCUT2D eigenvalue weighted by Gasteiger charge is 2.07. The van der Waals surface area contributed by atoms with E-state index in [2.05, 4.69) is 23.2 Å². The first-order chi connectivity index (χ1) is 8.97. The third-order valence-corrected chi connectivity index (χ3v) is 3.13. The monoisotopic (exact) mass is 255 g/mol. The van der Waals surface area contributed by atoms with Crippen molar-refractivity contribution in [3.8, 4) is 0 Å². The lowest BCUT2D eigenvalue weighted by Gasteiger charge is -2.04. The third kappa shape index (κ3) is 2.96. The van der Waals surface area contributed by atoms with Crippen LogP contribution in [0.4, 0.5) is 11.5 Å². The zero-order valence-corrected chi connectivity index (χ0v) is 11.6. The maximum atomic E-state index is 11.6. The summed E-state index contributed by atoms with van der Waals surface area (Å²) in [6.07, 6.45) is 1.44. The molecule has 1 aromatic carbocycles. The Kier molecular flexibility index (Phi) is 3.60. The molecule has 0 aliphatic carbocycles. The summed E-state index contributed by atoms with van der Waals surface area (Å²) >= 11 is 0. The Morgan fingerprint density at radius 1 is 0.895 bits per heavy atom. The molecule has 0 amide bonds. The lowest BCUT2D eigenvalue weighted by molar-refractivity contribution is -0.591. The van der Waals surface area contributed by atoms with Gasteiger partial charge in [-0.2, -0.15) is 0 Å². The fourth-order valence-corrected chi connectivity index (χ4v) is 1.81. The summed E-state index contributed by atoms with van der Waals surface area (Å²) in [6, 6.07) is 7.52. The molecule has 0 atom stereocenters. The molecule has 19 heavy (non-hydrogen) atoms. The minimum atomic E-state index is 0.303. The number of pyridine rings is 1. The molecule has 0 radical (unpaired) electrons. The van der Waals surface area contributed by atoms with E-state index >= 15 is 0 Å². The van der Waals surface area contributed by atoms with Gasteiger partial charge in [0.05, 0.1) is 11.3 Å². The lowest BCUT2D eigenvalue weighted by atomic mass is 10.1. The maximum Gasteiger partial charge on any atom is 0.353 e. The van der Waals surface area contributed by atoms with Crippen molar-refractivity contribution >= 4 is 11.5 Å². The number of hydrogen-bond donors (Lipinski definition) is 0. The van der Waals surface area contributed by atoms with Crippen LogP contribution in [0.25, 0.3) is 0 Å². The zero-order chi connectivity index (χ0) is 14.0. The molecule has 0 aliphatic heterocycles. The highest BCUT2D eigenvalue weighted by Crippen LogP contribution is 2.24. The van der Waals surface area contributed by atoms with Gasteiger partial charge in [-0.3, -0.25) is 0 Å². The van der Waals surface area contributed by atoms with Gasteiger partial charge in [0.1, 0.15) is 5.69 Å². The number of benzene rings is 1. The van der Waals surface area contributed by atoms with Gasteiger partial charge in [-0.1, -0.05) is 6.07 Å². The molecule has 0 spiro atoms. The summed E-state index contributed by atoms with van der Waals surface area (Å²) in [5.41, 5.74) is 5.23. The first-order valence-electron chi connectivity index (χ1n) is 6.17. The molecule has 0 saturated heterocycles. The van der Waals surface area contributed by atoms with E-state index in [1.165, 1.54) is 17.3 Å². The van der Waals surface area contributed by atoms with Crippen LogP contribution in [0.2, 0.25) is 0 Å². The number of hydrogen-bond acceptors (Lipinski definition) is 3. The van der Waals surface area contributed by atoms with E-state index in [1.807, 2.05) is 26.8 Å². The first kappa shape index (κ1) is 13.2. The highest BCUT2D eigenvalue weighted by atomic mass is 16.5. The van der Waals surface area contributed by atoms with Crippen molar-refractivity contribution < 1.29 is 4.73 Å². The first-order valence-corrected chi connectivity index (χ1v) is 6.17. The summed E-state index contributed by atoms with van der Waals surface area (Å²) < 4.78 is 0.715. The van der Waals surface area contributed by atoms with Crippen LogP contribution in [-0.4, -0.2) is 0 Å². The van der Waals surface area contributed by atoms with Gasteiger partial charge in [-0.25, -0.2) is 4.73 Å². The van der Waals surface area contributed by atoms with Gasteiger partial charge < -0.3 is 5.21 Å². The number of aromatic nitrogens is 1. The SMILES string of the molecule is Cc1cc[n+]([O-])c(N=Nc2cc(C)c(C)cc2C)c1. The van der Waals surface area contributed by atoms with Gasteiger partial charge in [0.15, 0.2) is 0 Å². The smallest absolute Gasteiger partial charge is 0.353 e. The number of nitrogens with zero attached hydrogens (tertiary/aromatic N) is 3. The van der Waals surface area contributed by atoms with Crippen LogP contribution >= 0.6 is 0 Å². The van der Waals surface area contributed by atoms with E-state index in [1.54, 1.807) is 12.1 Å². The van der Waals surface area contributed by atoms with Gasteiger partial charge in [0.25, 0.3) is 0 Å². The minimum Gasteiger partial charge on any atom is -0.710 e. The molecule has 2 aromatic rings. The van der Waals surface area contributed by atoms with E-state index in [-0.39, 0.29) is 0 Å². The van der Waals surface area contributed by atoms with Crippen molar-refractivity contribution in [2.45, 2.75) is 27.7 Å². The average molecular weight is 255 g/mol. The van der Waals surface area contributed by atoms with Crippen LogP contribution in [0.5, 0.6) is 0 Å². The molecule has 2 rings (SSSR count). The molecule has 4 heteroatoms. The predicted molar refractivity (Wildman–Crippen MR) is 75.0 cm³/mol. The Hall–Kier alpha value is -2.23. The van der Waals surface area contributed by atoms with Gasteiger partial charge in [0, 0.05) is 6.07 Å². The second kappa shape index (κ2) is 5.18. The molecule has 0 fully saturated rings. The van der Waals surface area contributed by atoms with Crippen molar-refractivity contribution in [3.05, 3.63) is 57.9 Å². The van der Waals surface area contributed by atoms with Crippen molar-refractivity contribution in [1.29, 1.82) is 0 Å². The van der Waals surface area contributed by atoms with Crippen LogP contribution in [0.3, 0.4) is 0 Å². The third-order valence-electron chi connectivity index (χ3n) is 3.13. The summed E-state index contributed by atoms with van der Waals surface area (Å²) in [6.45, 7) is 8.01.